The van der Waals surface area contributed by atoms with E-state index in [1.807, 2.05) is 11.3 Å². The third kappa shape index (κ3) is 3.67. The molecule has 4 heterocycles. The van der Waals surface area contributed by atoms with Gasteiger partial charge in [0, 0.05) is 55.9 Å². The number of thiazole rings is 1. The summed E-state index contributed by atoms with van der Waals surface area (Å²) in [6.45, 7) is 9.26. The van der Waals surface area contributed by atoms with Crippen molar-refractivity contribution in [2.75, 3.05) is 67.2 Å². The van der Waals surface area contributed by atoms with Gasteiger partial charge in [-0.05, 0) is 32.6 Å². The van der Waals surface area contributed by atoms with E-state index >= 15 is 0 Å². The second kappa shape index (κ2) is 7.83. The van der Waals surface area contributed by atoms with Crippen LogP contribution < -0.4 is 14.7 Å². The van der Waals surface area contributed by atoms with Crippen molar-refractivity contribution < 1.29 is 4.74 Å². The van der Waals surface area contributed by atoms with Crippen molar-refractivity contribution in [1.29, 1.82) is 0 Å². The highest BCUT2D eigenvalue weighted by molar-refractivity contribution is 7.15. The summed E-state index contributed by atoms with van der Waals surface area (Å²) in [5.41, 5.74) is 2.39. The number of aromatic nitrogens is 3. The molecule has 1 aliphatic carbocycles. The summed E-state index contributed by atoms with van der Waals surface area (Å²) in [6, 6.07) is 2.11. The van der Waals surface area contributed by atoms with Gasteiger partial charge >= 0.3 is 0 Å². The summed E-state index contributed by atoms with van der Waals surface area (Å²) in [5, 5.41) is 1.22. The molecular formula is C20H28N6OS. The standard InChI is InChI=1S/C20H28N6OS/c1-15-14-18(23-19(21-15)25-10-12-27-13-11-25)24-6-8-26(9-7-24)20-22-16-4-2-3-5-17(16)28-20/h14H,2-13H2,1H3. The Kier molecular flexibility index (Phi) is 5.07. The van der Waals surface area contributed by atoms with Crippen LogP contribution in [0.4, 0.5) is 16.9 Å². The smallest absolute Gasteiger partial charge is 0.227 e. The molecule has 2 aromatic rings. The number of hydrogen-bond acceptors (Lipinski definition) is 8. The molecule has 3 aliphatic rings. The Balaban J connectivity index is 1.27. The Morgan fingerprint density at radius 1 is 0.857 bits per heavy atom. The molecule has 0 saturated carbocycles. The van der Waals surface area contributed by atoms with Gasteiger partial charge in [-0.15, -0.1) is 11.3 Å². The fraction of sp³-hybridized carbons (Fsp3) is 0.650. The van der Waals surface area contributed by atoms with Crippen LogP contribution in [0.1, 0.15) is 29.1 Å². The summed E-state index contributed by atoms with van der Waals surface area (Å²) in [5.74, 6) is 1.89. The molecule has 0 atom stereocenters. The van der Waals surface area contributed by atoms with Gasteiger partial charge in [0.2, 0.25) is 5.95 Å². The second-order valence-corrected chi connectivity index (χ2v) is 8.88. The summed E-state index contributed by atoms with van der Waals surface area (Å²) in [7, 11) is 0. The highest BCUT2D eigenvalue weighted by atomic mass is 32.1. The van der Waals surface area contributed by atoms with E-state index in [0.29, 0.717) is 0 Å². The van der Waals surface area contributed by atoms with Crippen LogP contribution in [0.25, 0.3) is 0 Å². The minimum absolute atomic E-state index is 0.753. The molecule has 2 fully saturated rings. The molecule has 5 rings (SSSR count). The van der Waals surface area contributed by atoms with Crippen LogP contribution in [0.2, 0.25) is 0 Å². The lowest BCUT2D eigenvalue weighted by Gasteiger charge is -2.36. The molecule has 0 radical (unpaired) electrons. The Morgan fingerprint density at radius 3 is 2.39 bits per heavy atom. The summed E-state index contributed by atoms with van der Waals surface area (Å²) in [6.07, 6.45) is 5.00. The first kappa shape index (κ1) is 18.1. The van der Waals surface area contributed by atoms with Gasteiger partial charge in [0.25, 0.3) is 0 Å². The van der Waals surface area contributed by atoms with E-state index in [1.54, 1.807) is 0 Å². The molecule has 0 spiro atoms. The Labute approximate surface area is 170 Å². The number of nitrogens with zero attached hydrogens (tertiary/aromatic N) is 6. The van der Waals surface area contributed by atoms with Crippen molar-refractivity contribution in [3.05, 3.63) is 22.3 Å². The number of hydrogen-bond donors (Lipinski definition) is 0. The second-order valence-electron chi connectivity index (χ2n) is 7.81. The van der Waals surface area contributed by atoms with Gasteiger partial charge in [-0.3, -0.25) is 0 Å². The zero-order valence-electron chi connectivity index (χ0n) is 16.6. The van der Waals surface area contributed by atoms with Gasteiger partial charge in [-0.1, -0.05) is 0 Å². The van der Waals surface area contributed by atoms with E-state index in [-0.39, 0.29) is 0 Å². The molecule has 0 N–H and O–H groups in total. The zero-order chi connectivity index (χ0) is 18.9. The molecule has 150 valence electrons. The quantitative estimate of drug-likeness (QED) is 0.783. The molecule has 2 aliphatic heterocycles. The van der Waals surface area contributed by atoms with Crippen LogP contribution in [0.15, 0.2) is 6.07 Å². The van der Waals surface area contributed by atoms with Crippen LogP contribution in [0, 0.1) is 6.92 Å². The molecule has 0 bridgehead atoms. The first-order valence-electron chi connectivity index (χ1n) is 10.4. The fourth-order valence-corrected chi connectivity index (χ4v) is 5.40. The SMILES string of the molecule is Cc1cc(N2CCN(c3nc4c(s3)CCCC4)CC2)nc(N2CCOCC2)n1. The number of fused-ring (bicyclic) bond motifs is 1. The first-order valence-corrected chi connectivity index (χ1v) is 11.2. The molecule has 7 nitrogen and oxygen atoms in total. The summed E-state index contributed by atoms with van der Waals surface area (Å²) < 4.78 is 5.46. The molecule has 0 unspecified atom stereocenters. The molecule has 0 amide bonds. The van der Waals surface area contributed by atoms with Crippen molar-refractivity contribution in [1.82, 2.24) is 15.0 Å². The van der Waals surface area contributed by atoms with Gasteiger partial charge in [0.1, 0.15) is 5.82 Å². The monoisotopic (exact) mass is 400 g/mol. The number of piperazine rings is 1. The van der Waals surface area contributed by atoms with E-state index in [9.17, 15) is 0 Å². The maximum Gasteiger partial charge on any atom is 0.227 e. The number of morpholine rings is 1. The lowest BCUT2D eigenvalue weighted by Crippen LogP contribution is -2.47. The van der Waals surface area contributed by atoms with E-state index in [4.69, 9.17) is 14.7 Å². The van der Waals surface area contributed by atoms with Crippen LogP contribution in [-0.4, -0.2) is 67.4 Å². The van der Waals surface area contributed by atoms with Gasteiger partial charge in [-0.25, -0.2) is 9.97 Å². The minimum atomic E-state index is 0.753. The lowest BCUT2D eigenvalue weighted by molar-refractivity contribution is 0.122. The number of aryl methyl sites for hydroxylation is 3. The van der Waals surface area contributed by atoms with Crippen molar-refractivity contribution in [3.8, 4) is 0 Å². The molecule has 0 aromatic carbocycles. The molecule has 2 aromatic heterocycles. The molecule has 2 saturated heterocycles. The van der Waals surface area contributed by atoms with E-state index in [1.165, 1.54) is 35.0 Å². The highest BCUT2D eigenvalue weighted by Gasteiger charge is 2.24. The maximum absolute atomic E-state index is 5.46. The Bertz CT molecular complexity index is 803. The third-order valence-electron chi connectivity index (χ3n) is 5.83. The van der Waals surface area contributed by atoms with Crippen molar-refractivity contribution in [2.45, 2.75) is 32.6 Å². The van der Waals surface area contributed by atoms with Crippen LogP contribution in [0.3, 0.4) is 0 Å². The predicted octanol–water partition coefficient (Wildman–Crippen LogP) is 2.28. The van der Waals surface area contributed by atoms with E-state index in [0.717, 1.165) is 76.4 Å². The predicted molar refractivity (Wildman–Crippen MR) is 113 cm³/mol. The van der Waals surface area contributed by atoms with Crippen LogP contribution in [-0.2, 0) is 17.6 Å². The Morgan fingerprint density at radius 2 is 1.61 bits per heavy atom. The van der Waals surface area contributed by atoms with Gasteiger partial charge in [-0.2, -0.15) is 4.98 Å². The lowest BCUT2D eigenvalue weighted by atomic mass is 10.0. The average molecular weight is 401 g/mol. The van der Waals surface area contributed by atoms with Crippen LogP contribution in [0.5, 0.6) is 0 Å². The van der Waals surface area contributed by atoms with E-state index in [2.05, 4.69) is 32.7 Å². The Hall–Kier alpha value is -1.93. The van der Waals surface area contributed by atoms with Crippen LogP contribution >= 0.6 is 11.3 Å². The van der Waals surface area contributed by atoms with Crippen molar-refractivity contribution in [2.24, 2.45) is 0 Å². The zero-order valence-corrected chi connectivity index (χ0v) is 17.4. The van der Waals surface area contributed by atoms with Gasteiger partial charge in [0.15, 0.2) is 5.13 Å². The molecular weight excluding hydrogens is 372 g/mol. The number of anilines is 3. The van der Waals surface area contributed by atoms with E-state index < -0.39 is 0 Å². The topological polar surface area (TPSA) is 57.6 Å². The van der Waals surface area contributed by atoms with Gasteiger partial charge < -0.3 is 19.4 Å². The maximum atomic E-state index is 5.46. The van der Waals surface area contributed by atoms with Crippen molar-refractivity contribution >= 4 is 28.2 Å². The number of ether oxygens (including phenoxy) is 1. The average Bonchev–Trinajstić information content (AvgIpc) is 3.18. The van der Waals surface area contributed by atoms with Gasteiger partial charge in [0.05, 0.1) is 18.9 Å². The fourth-order valence-electron chi connectivity index (χ4n) is 4.20. The molecule has 8 heteroatoms. The summed E-state index contributed by atoms with van der Waals surface area (Å²) in [4.78, 5) is 23.1. The largest absolute Gasteiger partial charge is 0.378 e. The minimum Gasteiger partial charge on any atom is -0.378 e. The van der Waals surface area contributed by atoms with Crippen molar-refractivity contribution in [3.63, 3.8) is 0 Å². The first-order chi connectivity index (χ1) is 13.8. The number of rotatable bonds is 3. The normalized spacial score (nSPS) is 20.4. The summed E-state index contributed by atoms with van der Waals surface area (Å²) >= 11 is 1.91. The molecule has 28 heavy (non-hydrogen) atoms. The highest BCUT2D eigenvalue weighted by Crippen LogP contribution is 2.32. The third-order valence-corrected chi connectivity index (χ3v) is 7.05.